The van der Waals surface area contributed by atoms with Crippen LogP contribution < -0.4 is 10.5 Å². The summed E-state index contributed by atoms with van der Waals surface area (Å²) in [5, 5.41) is 0. The number of nitrogen functional groups attached to an aromatic ring is 1. The number of imidazole rings is 1. The molecule has 0 saturated carbocycles. The normalized spacial score (nSPS) is 21.5. The zero-order valence-electron chi connectivity index (χ0n) is 12.2. The van der Waals surface area contributed by atoms with Gasteiger partial charge in [0, 0.05) is 19.0 Å². The topological polar surface area (TPSA) is 87.2 Å². The molecule has 1 unspecified atom stereocenters. The lowest BCUT2D eigenvalue weighted by Gasteiger charge is -2.21. The molecule has 0 spiro atoms. The van der Waals surface area contributed by atoms with Crippen molar-refractivity contribution in [3.8, 4) is 5.75 Å². The summed E-state index contributed by atoms with van der Waals surface area (Å²) in [5.74, 6) is 1.81. The summed E-state index contributed by atoms with van der Waals surface area (Å²) in [6.45, 7) is 0. The fraction of sp³-hybridized carbons (Fsp3) is 0.500. The quantitative estimate of drug-likeness (QED) is 0.849. The molecule has 1 atom stereocenters. The van der Waals surface area contributed by atoms with Crippen molar-refractivity contribution < 1.29 is 13.2 Å². The second-order valence-electron chi connectivity index (χ2n) is 5.57. The number of benzene rings is 1. The molecule has 2 heterocycles. The second kappa shape index (κ2) is 4.91. The van der Waals surface area contributed by atoms with Gasteiger partial charge in [-0.2, -0.15) is 0 Å². The summed E-state index contributed by atoms with van der Waals surface area (Å²) >= 11 is 0. The molecule has 114 valence electrons. The molecule has 1 aliphatic heterocycles. The van der Waals surface area contributed by atoms with E-state index in [2.05, 4.69) is 4.98 Å². The molecular weight excluding hydrogens is 290 g/mol. The molecule has 3 rings (SSSR count). The molecule has 1 aromatic carbocycles. The third-order valence-corrected chi connectivity index (χ3v) is 5.92. The minimum Gasteiger partial charge on any atom is -0.495 e. The molecule has 1 saturated heterocycles. The highest BCUT2D eigenvalue weighted by molar-refractivity contribution is 7.91. The van der Waals surface area contributed by atoms with Gasteiger partial charge in [-0.05, 0) is 18.9 Å². The lowest BCUT2D eigenvalue weighted by molar-refractivity contribution is 0.417. The number of rotatable bonds is 2. The molecule has 1 aliphatic rings. The van der Waals surface area contributed by atoms with E-state index in [-0.39, 0.29) is 17.4 Å². The lowest BCUT2D eigenvalue weighted by Crippen LogP contribution is -2.25. The number of aromatic nitrogens is 2. The van der Waals surface area contributed by atoms with E-state index < -0.39 is 9.84 Å². The Balaban J connectivity index is 2.09. The highest BCUT2D eigenvalue weighted by Gasteiger charge is 2.29. The maximum atomic E-state index is 11.8. The van der Waals surface area contributed by atoms with Crippen LogP contribution in [-0.4, -0.2) is 36.6 Å². The van der Waals surface area contributed by atoms with Crippen molar-refractivity contribution in [3.63, 3.8) is 0 Å². The van der Waals surface area contributed by atoms with Crippen LogP contribution in [0.4, 0.5) is 5.69 Å². The van der Waals surface area contributed by atoms with Gasteiger partial charge >= 0.3 is 0 Å². The van der Waals surface area contributed by atoms with Crippen LogP contribution in [0.25, 0.3) is 11.0 Å². The van der Waals surface area contributed by atoms with Crippen LogP contribution in [0.15, 0.2) is 12.1 Å². The number of hydrogen-bond donors (Lipinski definition) is 1. The highest BCUT2D eigenvalue weighted by Crippen LogP contribution is 2.33. The van der Waals surface area contributed by atoms with Crippen molar-refractivity contribution in [2.24, 2.45) is 7.05 Å². The number of ether oxygens (including phenoxy) is 1. The highest BCUT2D eigenvalue weighted by atomic mass is 32.2. The van der Waals surface area contributed by atoms with Gasteiger partial charge in [0.2, 0.25) is 0 Å². The number of methoxy groups -OCH3 is 1. The average Bonchev–Trinajstić information content (AvgIpc) is 2.74. The Bertz CT molecular complexity index is 795. The third kappa shape index (κ3) is 2.46. The van der Waals surface area contributed by atoms with Gasteiger partial charge in [0.1, 0.15) is 11.6 Å². The van der Waals surface area contributed by atoms with E-state index in [1.807, 2.05) is 17.7 Å². The molecule has 2 N–H and O–H groups in total. The van der Waals surface area contributed by atoms with E-state index in [1.165, 1.54) is 0 Å². The van der Waals surface area contributed by atoms with Gasteiger partial charge in [-0.3, -0.25) is 0 Å². The first-order valence-electron chi connectivity index (χ1n) is 6.91. The maximum absolute atomic E-state index is 11.8. The van der Waals surface area contributed by atoms with Crippen molar-refractivity contribution in [1.29, 1.82) is 0 Å². The van der Waals surface area contributed by atoms with Crippen LogP contribution in [0.2, 0.25) is 0 Å². The van der Waals surface area contributed by atoms with Crippen molar-refractivity contribution in [2.75, 3.05) is 24.3 Å². The minimum absolute atomic E-state index is 0.0478. The summed E-state index contributed by atoms with van der Waals surface area (Å²) in [7, 11) is 0.507. The van der Waals surface area contributed by atoms with Crippen LogP contribution in [0, 0.1) is 0 Å². The van der Waals surface area contributed by atoms with E-state index in [0.717, 1.165) is 23.3 Å². The molecule has 6 nitrogen and oxygen atoms in total. The van der Waals surface area contributed by atoms with Crippen molar-refractivity contribution >= 4 is 26.6 Å². The predicted molar refractivity (Wildman–Crippen MR) is 82.3 cm³/mol. The number of sulfone groups is 1. The fourth-order valence-corrected chi connectivity index (χ4v) is 4.72. The number of nitrogens with two attached hydrogens (primary N) is 1. The van der Waals surface area contributed by atoms with Gasteiger partial charge in [-0.1, -0.05) is 0 Å². The molecule has 0 aliphatic carbocycles. The van der Waals surface area contributed by atoms with Gasteiger partial charge in [0.15, 0.2) is 9.84 Å². The standard InChI is InChI=1S/C14H19N3O3S/c1-17-12-6-10(15)13(20-2)7-11(12)16-14(17)9-4-3-5-21(18,19)8-9/h6-7,9H,3-5,8,15H2,1-2H3. The SMILES string of the molecule is COc1cc2nc(C3CCCS(=O)(=O)C3)n(C)c2cc1N. The Kier molecular flexibility index (Phi) is 3.32. The Morgan fingerprint density at radius 3 is 2.86 bits per heavy atom. The Hall–Kier alpha value is -1.76. The van der Waals surface area contributed by atoms with Gasteiger partial charge in [0.25, 0.3) is 0 Å². The molecule has 2 aromatic rings. The van der Waals surface area contributed by atoms with Crippen LogP contribution in [-0.2, 0) is 16.9 Å². The minimum atomic E-state index is -2.96. The average molecular weight is 309 g/mol. The molecule has 1 fully saturated rings. The Labute approximate surface area is 123 Å². The van der Waals surface area contributed by atoms with Gasteiger partial charge < -0.3 is 15.0 Å². The Morgan fingerprint density at radius 1 is 1.43 bits per heavy atom. The summed E-state index contributed by atoms with van der Waals surface area (Å²) < 4.78 is 30.8. The molecule has 0 radical (unpaired) electrons. The van der Waals surface area contributed by atoms with Crippen molar-refractivity contribution in [1.82, 2.24) is 9.55 Å². The zero-order valence-corrected chi connectivity index (χ0v) is 13.0. The molecule has 0 amide bonds. The summed E-state index contributed by atoms with van der Waals surface area (Å²) in [5.41, 5.74) is 8.16. The van der Waals surface area contributed by atoms with E-state index in [1.54, 1.807) is 13.2 Å². The maximum Gasteiger partial charge on any atom is 0.151 e. The van der Waals surface area contributed by atoms with Gasteiger partial charge in [-0.15, -0.1) is 0 Å². The third-order valence-electron chi connectivity index (χ3n) is 4.10. The molecular formula is C14H19N3O3S. The zero-order chi connectivity index (χ0) is 15.2. The number of anilines is 1. The van der Waals surface area contributed by atoms with E-state index in [4.69, 9.17) is 10.5 Å². The van der Waals surface area contributed by atoms with Gasteiger partial charge in [0.05, 0.1) is 35.3 Å². The first-order chi connectivity index (χ1) is 9.91. The van der Waals surface area contributed by atoms with Crippen LogP contribution in [0.5, 0.6) is 5.75 Å². The predicted octanol–water partition coefficient (Wildman–Crippen LogP) is 1.46. The van der Waals surface area contributed by atoms with E-state index in [0.29, 0.717) is 17.9 Å². The molecule has 21 heavy (non-hydrogen) atoms. The van der Waals surface area contributed by atoms with Crippen LogP contribution >= 0.6 is 0 Å². The van der Waals surface area contributed by atoms with Crippen molar-refractivity contribution in [3.05, 3.63) is 18.0 Å². The van der Waals surface area contributed by atoms with Gasteiger partial charge in [-0.25, -0.2) is 13.4 Å². The first-order valence-corrected chi connectivity index (χ1v) is 8.73. The first kappa shape index (κ1) is 14.2. The van der Waals surface area contributed by atoms with E-state index >= 15 is 0 Å². The monoisotopic (exact) mass is 309 g/mol. The number of hydrogen-bond acceptors (Lipinski definition) is 5. The fourth-order valence-electron chi connectivity index (χ4n) is 3.02. The number of fused-ring (bicyclic) bond motifs is 1. The smallest absolute Gasteiger partial charge is 0.151 e. The number of aryl methyl sites for hydroxylation is 1. The van der Waals surface area contributed by atoms with Crippen LogP contribution in [0.1, 0.15) is 24.6 Å². The summed E-state index contributed by atoms with van der Waals surface area (Å²) in [4.78, 5) is 4.61. The Morgan fingerprint density at radius 2 is 2.19 bits per heavy atom. The van der Waals surface area contributed by atoms with E-state index in [9.17, 15) is 8.42 Å². The molecule has 0 bridgehead atoms. The van der Waals surface area contributed by atoms with Crippen molar-refractivity contribution in [2.45, 2.75) is 18.8 Å². The summed E-state index contributed by atoms with van der Waals surface area (Å²) in [6, 6.07) is 3.62. The van der Waals surface area contributed by atoms with Crippen LogP contribution in [0.3, 0.4) is 0 Å². The number of nitrogens with zero attached hydrogens (tertiary/aromatic N) is 2. The molecule has 7 heteroatoms. The molecule has 1 aromatic heterocycles. The largest absolute Gasteiger partial charge is 0.495 e. The lowest BCUT2D eigenvalue weighted by atomic mass is 10.1. The second-order valence-corrected chi connectivity index (χ2v) is 7.79. The summed E-state index contributed by atoms with van der Waals surface area (Å²) in [6.07, 6.45) is 1.55.